The molecule has 0 aliphatic rings. The Morgan fingerprint density at radius 1 is 0.966 bits per heavy atom. The standard InChI is InChI=1S/C21H28FN3O4/c1-14(29-17-9-7-6-8-16(17)22)12-24-21(23-2)25-13-15-10-11-18(26-3)20(28-5)19(15)27-4/h6-11,14H,12-13H2,1-5H3,(H2,23,24,25). The van der Waals surface area contributed by atoms with Gasteiger partial charge in [0.1, 0.15) is 6.10 Å². The number of nitrogens with one attached hydrogen (secondary N) is 2. The van der Waals surface area contributed by atoms with E-state index in [9.17, 15) is 4.39 Å². The molecule has 0 spiro atoms. The van der Waals surface area contributed by atoms with Crippen molar-refractivity contribution in [3.8, 4) is 23.0 Å². The second-order valence-corrected chi connectivity index (χ2v) is 6.16. The van der Waals surface area contributed by atoms with Gasteiger partial charge in [-0.15, -0.1) is 0 Å². The molecule has 1 unspecified atom stereocenters. The highest BCUT2D eigenvalue weighted by atomic mass is 19.1. The summed E-state index contributed by atoms with van der Waals surface area (Å²) in [5.74, 6) is 2.12. The van der Waals surface area contributed by atoms with Gasteiger partial charge in [-0.05, 0) is 31.2 Å². The Balaban J connectivity index is 1.95. The van der Waals surface area contributed by atoms with Crippen LogP contribution in [-0.4, -0.2) is 47.0 Å². The molecule has 0 saturated heterocycles. The topological polar surface area (TPSA) is 73.3 Å². The van der Waals surface area contributed by atoms with Crippen LogP contribution in [0.1, 0.15) is 12.5 Å². The Morgan fingerprint density at radius 2 is 1.69 bits per heavy atom. The molecule has 1 atom stereocenters. The van der Waals surface area contributed by atoms with Crippen molar-refractivity contribution in [2.45, 2.75) is 19.6 Å². The molecule has 7 nitrogen and oxygen atoms in total. The lowest BCUT2D eigenvalue weighted by atomic mass is 10.1. The smallest absolute Gasteiger partial charge is 0.203 e. The number of benzene rings is 2. The molecule has 0 radical (unpaired) electrons. The number of hydrogen-bond acceptors (Lipinski definition) is 5. The monoisotopic (exact) mass is 405 g/mol. The van der Waals surface area contributed by atoms with E-state index < -0.39 is 0 Å². The third-order valence-corrected chi connectivity index (χ3v) is 4.18. The fourth-order valence-electron chi connectivity index (χ4n) is 2.74. The number of nitrogens with zero attached hydrogens (tertiary/aromatic N) is 1. The highest BCUT2D eigenvalue weighted by molar-refractivity contribution is 5.79. The summed E-state index contributed by atoms with van der Waals surface area (Å²) in [6, 6.07) is 10.0. The normalized spacial score (nSPS) is 12.1. The van der Waals surface area contributed by atoms with Crippen LogP contribution in [0.25, 0.3) is 0 Å². The molecule has 0 fully saturated rings. The summed E-state index contributed by atoms with van der Waals surface area (Å²) in [6.45, 7) is 2.74. The number of guanidine groups is 1. The van der Waals surface area contributed by atoms with E-state index in [0.717, 1.165) is 5.56 Å². The molecule has 2 rings (SSSR count). The van der Waals surface area contributed by atoms with Gasteiger partial charge >= 0.3 is 0 Å². The highest BCUT2D eigenvalue weighted by Gasteiger charge is 2.16. The Hall–Kier alpha value is -3.16. The van der Waals surface area contributed by atoms with Crippen LogP contribution in [0, 0.1) is 5.82 Å². The summed E-state index contributed by atoms with van der Waals surface area (Å²) < 4.78 is 35.5. The fraction of sp³-hybridized carbons (Fsp3) is 0.381. The van der Waals surface area contributed by atoms with E-state index in [-0.39, 0.29) is 17.7 Å². The van der Waals surface area contributed by atoms with Crippen molar-refractivity contribution in [1.82, 2.24) is 10.6 Å². The summed E-state index contributed by atoms with van der Waals surface area (Å²) in [5.41, 5.74) is 0.878. The van der Waals surface area contributed by atoms with Gasteiger partial charge in [0.15, 0.2) is 29.0 Å². The number of aliphatic imine (C=N–C) groups is 1. The molecule has 0 saturated carbocycles. The minimum Gasteiger partial charge on any atom is -0.493 e. The number of halogens is 1. The summed E-state index contributed by atoms with van der Waals surface area (Å²) in [7, 11) is 6.39. The zero-order valence-corrected chi connectivity index (χ0v) is 17.4. The highest BCUT2D eigenvalue weighted by Crippen LogP contribution is 2.39. The van der Waals surface area contributed by atoms with Gasteiger partial charge in [0, 0.05) is 19.2 Å². The fourth-order valence-corrected chi connectivity index (χ4v) is 2.74. The summed E-state index contributed by atoms with van der Waals surface area (Å²) in [4.78, 5) is 4.20. The zero-order chi connectivity index (χ0) is 21.2. The minimum absolute atomic E-state index is 0.222. The molecule has 2 aromatic carbocycles. The van der Waals surface area contributed by atoms with E-state index in [2.05, 4.69) is 15.6 Å². The predicted molar refractivity (Wildman–Crippen MR) is 111 cm³/mol. The van der Waals surface area contributed by atoms with Crippen molar-refractivity contribution < 1.29 is 23.3 Å². The maximum atomic E-state index is 13.7. The molecule has 8 heteroatoms. The van der Waals surface area contributed by atoms with Crippen molar-refractivity contribution >= 4 is 5.96 Å². The lowest BCUT2D eigenvalue weighted by Crippen LogP contribution is -2.41. The average molecular weight is 405 g/mol. The van der Waals surface area contributed by atoms with Gasteiger partial charge in [0.05, 0.1) is 27.9 Å². The molecular weight excluding hydrogens is 377 g/mol. The van der Waals surface area contributed by atoms with E-state index in [1.54, 1.807) is 46.6 Å². The maximum Gasteiger partial charge on any atom is 0.203 e. The Bertz CT molecular complexity index is 830. The lowest BCUT2D eigenvalue weighted by Gasteiger charge is -2.19. The third kappa shape index (κ3) is 5.91. The molecular formula is C21H28FN3O4. The van der Waals surface area contributed by atoms with Crippen molar-refractivity contribution in [3.05, 3.63) is 47.8 Å². The molecule has 2 aromatic rings. The van der Waals surface area contributed by atoms with E-state index in [0.29, 0.717) is 36.3 Å². The molecule has 0 bridgehead atoms. The Labute approximate surface area is 170 Å². The number of ether oxygens (including phenoxy) is 4. The van der Waals surface area contributed by atoms with Gasteiger partial charge in [-0.3, -0.25) is 4.99 Å². The van der Waals surface area contributed by atoms with Crippen LogP contribution in [0.5, 0.6) is 23.0 Å². The lowest BCUT2D eigenvalue weighted by molar-refractivity contribution is 0.214. The summed E-state index contributed by atoms with van der Waals surface area (Å²) >= 11 is 0. The largest absolute Gasteiger partial charge is 0.493 e. The first kappa shape index (κ1) is 22.1. The molecule has 0 aliphatic carbocycles. The van der Waals surface area contributed by atoms with Gasteiger partial charge in [-0.1, -0.05) is 12.1 Å². The zero-order valence-electron chi connectivity index (χ0n) is 17.4. The maximum absolute atomic E-state index is 13.7. The number of para-hydroxylation sites is 1. The van der Waals surface area contributed by atoms with Gasteiger partial charge in [-0.25, -0.2) is 4.39 Å². The summed E-state index contributed by atoms with van der Waals surface area (Å²) in [5, 5.41) is 6.38. The van der Waals surface area contributed by atoms with Gasteiger partial charge in [-0.2, -0.15) is 0 Å². The quantitative estimate of drug-likeness (QED) is 0.494. The number of rotatable bonds is 9. The van der Waals surface area contributed by atoms with Crippen molar-refractivity contribution in [3.63, 3.8) is 0 Å². The van der Waals surface area contributed by atoms with Crippen LogP contribution in [-0.2, 0) is 6.54 Å². The van der Waals surface area contributed by atoms with Crippen LogP contribution >= 0.6 is 0 Å². The molecule has 29 heavy (non-hydrogen) atoms. The van der Waals surface area contributed by atoms with Gasteiger partial charge < -0.3 is 29.6 Å². The van der Waals surface area contributed by atoms with Crippen molar-refractivity contribution in [2.24, 2.45) is 4.99 Å². The minimum atomic E-state index is -0.387. The number of methoxy groups -OCH3 is 3. The molecule has 0 aromatic heterocycles. The third-order valence-electron chi connectivity index (χ3n) is 4.18. The van der Waals surface area contributed by atoms with E-state index in [1.807, 2.05) is 19.1 Å². The van der Waals surface area contributed by atoms with Crippen LogP contribution in [0.15, 0.2) is 41.4 Å². The van der Waals surface area contributed by atoms with E-state index in [1.165, 1.54) is 6.07 Å². The SMILES string of the molecule is CN=C(NCc1ccc(OC)c(OC)c1OC)NCC(C)Oc1ccccc1F. The Kier molecular flexibility index (Phi) is 8.39. The molecule has 2 N–H and O–H groups in total. The summed E-state index contributed by atoms with van der Waals surface area (Å²) in [6.07, 6.45) is -0.263. The van der Waals surface area contributed by atoms with Crippen molar-refractivity contribution in [2.75, 3.05) is 34.9 Å². The molecule has 0 heterocycles. The Morgan fingerprint density at radius 3 is 2.31 bits per heavy atom. The van der Waals surface area contributed by atoms with Gasteiger partial charge in [0.25, 0.3) is 0 Å². The average Bonchev–Trinajstić information content (AvgIpc) is 2.74. The number of hydrogen-bond donors (Lipinski definition) is 2. The van der Waals surface area contributed by atoms with E-state index in [4.69, 9.17) is 18.9 Å². The van der Waals surface area contributed by atoms with Crippen LogP contribution < -0.4 is 29.6 Å². The first-order chi connectivity index (χ1) is 14.0. The second-order valence-electron chi connectivity index (χ2n) is 6.16. The second kappa shape index (κ2) is 11.0. The first-order valence-electron chi connectivity index (χ1n) is 9.17. The molecule has 0 amide bonds. The van der Waals surface area contributed by atoms with Crippen LogP contribution in [0.2, 0.25) is 0 Å². The van der Waals surface area contributed by atoms with Crippen LogP contribution in [0.3, 0.4) is 0 Å². The van der Waals surface area contributed by atoms with E-state index >= 15 is 0 Å². The van der Waals surface area contributed by atoms with Gasteiger partial charge in [0.2, 0.25) is 5.75 Å². The predicted octanol–water partition coefficient (Wildman–Crippen LogP) is 2.98. The van der Waals surface area contributed by atoms with Crippen molar-refractivity contribution in [1.29, 1.82) is 0 Å². The molecule has 0 aliphatic heterocycles. The van der Waals surface area contributed by atoms with Crippen LogP contribution in [0.4, 0.5) is 4.39 Å². The first-order valence-corrected chi connectivity index (χ1v) is 9.17. The molecule has 158 valence electrons.